The average molecular weight is 408 g/mol. The molecule has 2 rings (SSSR count). The van der Waals surface area contributed by atoms with E-state index in [4.69, 9.17) is 5.41 Å². The van der Waals surface area contributed by atoms with Crippen molar-refractivity contribution in [1.82, 2.24) is 0 Å². The highest BCUT2D eigenvalue weighted by Gasteiger charge is 2.09. The number of hydrogen-bond donors (Lipinski definition) is 1. The van der Waals surface area contributed by atoms with Gasteiger partial charge in [0.05, 0.1) is 0 Å². The van der Waals surface area contributed by atoms with Gasteiger partial charge in [0.1, 0.15) is 0 Å². The fraction of sp³-hybridized carbons (Fsp3) is 0.429. The molecule has 0 aromatic heterocycles. The van der Waals surface area contributed by atoms with Gasteiger partial charge >= 0.3 is 0 Å². The Kier molecular flexibility index (Phi) is 14.1. The minimum atomic E-state index is 0.169. The summed E-state index contributed by atoms with van der Waals surface area (Å²) >= 11 is 0. The summed E-state index contributed by atoms with van der Waals surface area (Å²) in [5, 5.41) is 7.53. The Morgan fingerprint density at radius 3 is 2.17 bits per heavy atom. The summed E-state index contributed by atoms with van der Waals surface area (Å²) in [5.41, 5.74) is 7.32. The van der Waals surface area contributed by atoms with Crippen LogP contribution in [0.15, 0.2) is 54.1 Å². The molecule has 0 bridgehead atoms. The summed E-state index contributed by atoms with van der Waals surface area (Å²) in [5.74, 6) is 0.169. The third-order valence-electron chi connectivity index (χ3n) is 4.49. The third kappa shape index (κ3) is 10.3. The van der Waals surface area contributed by atoms with Crippen molar-refractivity contribution in [2.24, 2.45) is 0 Å². The number of carbonyl (C=O) groups excluding carboxylic acids is 1. The SMILES string of the molecule is CC.CC.CCc1cc(C)cc(CC(=O)c2cccc(CC/C(C)=C/C(C)=N)c2)c1. The highest BCUT2D eigenvalue weighted by molar-refractivity contribution is 5.97. The summed E-state index contributed by atoms with van der Waals surface area (Å²) in [7, 11) is 0. The van der Waals surface area contributed by atoms with E-state index >= 15 is 0 Å². The van der Waals surface area contributed by atoms with Crippen molar-refractivity contribution in [1.29, 1.82) is 5.41 Å². The van der Waals surface area contributed by atoms with Crippen LogP contribution in [0.2, 0.25) is 0 Å². The van der Waals surface area contributed by atoms with Crippen molar-refractivity contribution in [3.63, 3.8) is 0 Å². The van der Waals surface area contributed by atoms with Gasteiger partial charge < -0.3 is 5.41 Å². The van der Waals surface area contributed by atoms with Gasteiger partial charge in [0.15, 0.2) is 5.78 Å². The minimum Gasteiger partial charge on any atom is -0.306 e. The molecule has 0 aliphatic heterocycles. The van der Waals surface area contributed by atoms with Gasteiger partial charge in [-0.25, -0.2) is 0 Å². The van der Waals surface area contributed by atoms with Crippen molar-refractivity contribution >= 4 is 11.5 Å². The zero-order chi connectivity index (χ0) is 23.1. The molecule has 0 saturated heterocycles. The lowest BCUT2D eigenvalue weighted by molar-refractivity contribution is 0.0993. The topological polar surface area (TPSA) is 40.9 Å². The predicted molar refractivity (Wildman–Crippen MR) is 133 cm³/mol. The van der Waals surface area contributed by atoms with Crippen molar-refractivity contribution in [3.05, 3.63) is 81.9 Å². The molecule has 0 heterocycles. The third-order valence-corrected chi connectivity index (χ3v) is 4.49. The molecule has 0 aliphatic rings. The van der Waals surface area contributed by atoms with E-state index < -0.39 is 0 Å². The van der Waals surface area contributed by atoms with Crippen LogP contribution in [0.1, 0.15) is 87.5 Å². The van der Waals surface area contributed by atoms with Crippen LogP contribution < -0.4 is 0 Å². The smallest absolute Gasteiger partial charge is 0.167 e. The number of hydrogen-bond acceptors (Lipinski definition) is 2. The number of carbonyl (C=O) groups is 1. The van der Waals surface area contributed by atoms with Crippen molar-refractivity contribution in [3.8, 4) is 0 Å². The van der Waals surface area contributed by atoms with Crippen LogP contribution in [0.25, 0.3) is 0 Å². The Labute approximate surface area is 184 Å². The lowest BCUT2D eigenvalue weighted by Gasteiger charge is -2.08. The van der Waals surface area contributed by atoms with Gasteiger partial charge in [-0.1, -0.05) is 82.2 Å². The number of nitrogens with one attached hydrogen (secondary N) is 1. The molecule has 0 fully saturated rings. The minimum absolute atomic E-state index is 0.169. The summed E-state index contributed by atoms with van der Waals surface area (Å²) in [4.78, 5) is 12.7. The van der Waals surface area contributed by atoms with Crippen LogP contribution in [-0.4, -0.2) is 11.5 Å². The van der Waals surface area contributed by atoms with Gasteiger partial charge in [-0.05, 0) is 68.9 Å². The summed E-state index contributed by atoms with van der Waals surface area (Å²) < 4.78 is 0. The maximum absolute atomic E-state index is 12.7. The number of ketones is 1. The fourth-order valence-corrected chi connectivity index (χ4v) is 3.23. The van der Waals surface area contributed by atoms with Gasteiger partial charge in [-0.3, -0.25) is 4.79 Å². The molecule has 1 N–H and O–H groups in total. The van der Waals surface area contributed by atoms with Crippen LogP contribution >= 0.6 is 0 Å². The Balaban J connectivity index is 0.00000198. The molecule has 0 aliphatic carbocycles. The van der Waals surface area contributed by atoms with Crippen LogP contribution in [0.5, 0.6) is 0 Å². The Bertz CT molecular complexity index is 830. The molecule has 0 radical (unpaired) electrons. The first-order valence-electron chi connectivity index (χ1n) is 11.3. The molecular formula is C28H41NO. The van der Waals surface area contributed by atoms with E-state index in [1.165, 1.54) is 22.3 Å². The Morgan fingerprint density at radius 1 is 0.933 bits per heavy atom. The maximum Gasteiger partial charge on any atom is 0.167 e. The molecule has 0 amide bonds. The molecule has 164 valence electrons. The van der Waals surface area contributed by atoms with E-state index in [1.54, 1.807) is 6.92 Å². The molecule has 2 aromatic rings. The first-order chi connectivity index (χ1) is 14.4. The predicted octanol–water partition coefficient (Wildman–Crippen LogP) is 7.95. The number of rotatable bonds is 8. The zero-order valence-corrected chi connectivity index (χ0v) is 20.4. The zero-order valence-electron chi connectivity index (χ0n) is 20.4. The summed E-state index contributed by atoms with van der Waals surface area (Å²) in [6, 6.07) is 14.4. The monoisotopic (exact) mass is 407 g/mol. The molecular weight excluding hydrogens is 366 g/mol. The quantitative estimate of drug-likeness (QED) is 0.350. The molecule has 2 heteroatoms. The van der Waals surface area contributed by atoms with E-state index in [1.807, 2.05) is 52.0 Å². The number of allylic oxidation sites excluding steroid dienone is 2. The van der Waals surface area contributed by atoms with Gasteiger partial charge in [0, 0.05) is 17.7 Å². The Hall–Kier alpha value is -2.48. The van der Waals surface area contributed by atoms with E-state index in [-0.39, 0.29) is 5.78 Å². The van der Waals surface area contributed by atoms with E-state index in [0.717, 1.165) is 30.4 Å². The second-order valence-corrected chi connectivity index (χ2v) is 7.15. The Morgan fingerprint density at radius 2 is 1.57 bits per heavy atom. The number of aryl methyl sites for hydroxylation is 3. The van der Waals surface area contributed by atoms with Crippen LogP contribution in [-0.2, 0) is 19.3 Å². The summed E-state index contributed by atoms with van der Waals surface area (Å²) in [6.45, 7) is 16.1. The van der Waals surface area contributed by atoms with Crippen LogP contribution in [0.3, 0.4) is 0 Å². The van der Waals surface area contributed by atoms with Crippen LogP contribution in [0.4, 0.5) is 0 Å². The van der Waals surface area contributed by atoms with E-state index in [0.29, 0.717) is 12.1 Å². The van der Waals surface area contributed by atoms with Gasteiger partial charge in [-0.2, -0.15) is 0 Å². The molecule has 2 aromatic carbocycles. The maximum atomic E-state index is 12.7. The van der Waals surface area contributed by atoms with Crippen molar-refractivity contribution in [2.45, 2.75) is 81.1 Å². The fourth-order valence-electron chi connectivity index (χ4n) is 3.23. The lowest BCUT2D eigenvalue weighted by atomic mass is 9.96. The highest BCUT2D eigenvalue weighted by atomic mass is 16.1. The molecule has 0 atom stereocenters. The second kappa shape index (κ2) is 15.4. The first kappa shape index (κ1) is 27.5. The first-order valence-corrected chi connectivity index (χ1v) is 11.3. The second-order valence-electron chi connectivity index (χ2n) is 7.15. The molecule has 0 saturated carbocycles. The van der Waals surface area contributed by atoms with E-state index in [2.05, 4.69) is 45.0 Å². The average Bonchev–Trinajstić information content (AvgIpc) is 2.74. The van der Waals surface area contributed by atoms with Crippen molar-refractivity contribution in [2.75, 3.05) is 0 Å². The number of benzene rings is 2. The molecule has 2 nitrogen and oxygen atoms in total. The standard InChI is InChI=1S/C24H29NO.2C2H6/c1-5-20-12-18(3)13-22(14-20)16-24(26)23-8-6-7-21(15-23)10-9-17(2)11-19(4)25;2*1-2/h6-8,11-15,25H,5,9-10,16H2,1-4H3;2*1-2H3/b17-11+,25-19?;;. The normalized spacial score (nSPS) is 10.3. The lowest BCUT2D eigenvalue weighted by Crippen LogP contribution is -2.05. The molecule has 30 heavy (non-hydrogen) atoms. The van der Waals surface area contributed by atoms with Gasteiger partial charge in [-0.15, -0.1) is 0 Å². The van der Waals surface area contributed by atoms with Crippen LogP contribution in [0, 0.1) is 12.3 Å². The van der Waals surface area contributed by atoms with Gasteiger partial charge in [0.2, 0.25) is 0 Å². The largest absolute Gasteiger partial charge is 0.306 e. The summed E-state index contributed by atoms with van der Waals surface area (Å²) in [6.07, 6.45) is 5.13. The molecule has 0 spiro atoms. The molecule has 0 unspecified atom stereocenters. The van der Waals surface area contributed by atoms with Gasteiger partial charge in [0.25, 0.3) is 0 Å². The highest BCUT2D eigenvalue weighted by Crippen LogP contribution is 2.16. The van der Waals surface area contributed by atoms with E-state index in [9.17, 15) is 4.79 Å². The number of Topliss-reactive ketones (excluding diaryl/α,β-unsaturated/α-hetero) is 1. The van der Waals surface area contributed by atoms with Crippen molar-refractivity contribution < 1.29 is 4.79 Å².